The Morgan fingerprint density at radius 1 is 1.02 bits per heavy atom. The van der Waals surface area contributed by atoms with Crippen LogP contribution in [0, 0.1) is 0 Å². The first-order valence-electron chi connectivity index (χ1n) is 14.3. The minimum Gasteiger partial charge on any atom is -0.492 e. The molecule has 0 spiro atoms. The largest absolute Gasteiger partial charge is 0.492 e. The van der Waals surface area contributed by atoms with Gasteiger partial charge in [-0.25, -0.2) is 4.79 Å². The van der Waals surface area contributed by atoms with Crippen LogP contribution >= 0.6 is 0 Å². The van der Waals surface area contributed by atoms with E-state index in [0.717, 1.165) is 48.4 Å². The number of ether oxygens (including phenoxy) is 1. The predicted octanol–water partition coefficient (Wildman–Crippen LogP) is 7.45. The number of rotatable bonds is 8. The molecule has 10 heteroatoms. The fraction of sp³-hybridized carbons (Fsp3) is 0.333. The summed E-state index contributed by atoms with van der Waals surface area (Å²) in [6, 6.07) is 14.7. The van der Waals surface area contributed by atoms with Crippen LogP contribution in [0.2, 0.25) is 0 Å². The molecule has 0 unspecified atom stereocenters. The lowest BCUT2D eigenvalue weighted by molar-refractivity contribution is -0.137. The summed E-state index contributed by atoms with van der Waals surface area (Å²) in [6.07, 6.45) is -4.52. The van der Waals surface area contributed by atoms with E-state index in [2.05, 4.69) is 42.9 Å². The summed E-state index contributed by atoms with van der Waals surface area (Å²) in [5, 5.41) is 3.25. The Kier molecular flexibility index (Phi) is 8.00. The number of fused-ring (bicyclic) bond motifs is 4. The Morgan fingerprint density at radius 3 is 2.47 bits per heavy atom. The van der Waals surface area contributed by atoms with Crippen LogP contribution in [0.25, 0.3) is 10.9 Å². The Morgan fingerprint density at radius 2 is 1.77 bits per heavy atom. The summed E-state index contributed by atoms with van der Waals surface area (Å²) in [4.78, 5) is 33.7. The van der Waals surface area contributed by atoms with E-state index >= 15 is 0 Å². The van der Waals surface area contributed by atoms with Gasteiger partial charge in [-0.2, -0.15) is 13.2 Å². The molecule has 1 heterocycles. The molecule has 5 rings (SSSR count). The molecule has 3 aromatic carbocycles. The van der Waals surface area contributed by atoms with E-state index in [1.165, 1.54) is 24.1 Å². The monoisotopic (exact) mass is 592 g/mol. The van der Waals surface area contributed by atoms with E-state index in [0.29, 0.717) is 34.7 Å². The number of benzene rings is 3. The van der Waals surface area contributed by atoms with Gasteiger partial charge in [0.15, 0.2) is 5.78 Å². The van der Waals surface area contributed by atoms with Crippen molar-refractivity contribution in [2.75, 3.05) is 43.5 Å². The number of ketones is 1. The summed E-state index contributed by atoms with van der Waals surface area (Å²) < 4.78 is 45.4. The molecule has 1 aliphatic rings. The third-order valence-corrected chi connectivity index (χ3v) is 8.25. The van der Waals surface area contributed by atoms with Crippen molar-refractivity contribution in [2.45, 2.75) is 39.3 Å². The van der Waals surface area contributed by atoms with Gasteiger partial charge in [-0.1, -0.05) is 39.8 Å². The van der Waals surface area contributed by atoms with Crippen molar-refractivity contribution in [1.82, 2.24) is 9.88 Å². The van der Waals surface area contributed by atoms with E-state index in [1.54, 1.807) is 18.2 Å². The number of nitrogens with zero attached hydrogens (tertiary/aromatic N) is 2. The number of aromatic nitrogens is 1. The molecule has 2 amide bonds. The Bertz CT molecular complexity index is 1690. The van der Waals surface area contributed by atoms with Crippen molar-refractivity contribution in [3.63, 3.8) is 0 Å². The maximum atomic E-state index is 13.8. The number of amides is 2. The molecule has 0 atom stereocenters. The number of carbonyl (C=O) groups is 2. The zero-order chi connectivity index (χ0) is 31.1. The fourth-order valence-electron chi connectivity index (χ4n) is 5.63. The first-order valence-corrected chi connectivity index (χ1v) is 14.3. The highest BCUT2D eigenvalue weighted by Crippen LogP contribution is 2.45. The van der Waals surface area contributed by atoms with Gasteiger partial charge >= 0.3 is 12.2 Å². The van der Waals surface area contributed by atoms with Gasteiger partial charge in [-0.15, -0.1) is 0 Å². The number of nitrogens with one attached hydrogen (secondary N) is 2. The fourth-order valence-corrected chi connectivity index (χ4v) is 5.63. The molecule has 0 aliphatic heterocycles. The van der Waals surface area contributed by atoms with Crippen LogP contribution < -0.4 is 15.0 Å². The Labute approximate surface area is 248 Å². The number of likely N-dealkylation sites (N-methyl/N-ethyl adjacent to an activating group) is 1. The van der Waals surface area contributed by atoms with E-state index in [9.17, 15) is 22.8 Å². The molecule has 7 nitrogen and oxygen atoms in total. The third-order valence-electron chi connectivity index (χ3n) is 8.25. The number of hydrogen-bond donors (Lipinski definition) is 2. The van der Waals surface area contributed by atoms with Crippen LogP contribution in [-0.4, -0.2) is 55.0 Å². The van der Waals surface area contributed by atoms with Gasteiger partial charge in [0.1, 0.15) is 12.4 Å². The van der Waals surface area contributed by atoms with E-state index < -0.39 is 23.2 Å². The molecule has 0 saturated heterocycles. The number of hydrogen-bond acceptors (Lipinski definition) is 4. The molecule has 0 fully saturated rings. The van der Waals surface area contributed by atoms with Gasteiger partial charge in [0, 0.05) is 52.5 Å². The molecule has 0 bridgehead atoms. The number of H-pyrrole nitrogens is 1. The SMILES string of the molecule is CCN(CC)CCOc1ccc2c(c1)C(C)(C)c1[nH]c3cc(N(C)C(=O)Nc4cccc(C(F)(F)F)c4)ccc3c1C2=O. The van der Waals surface area contributed by atoms with Gasteiger partial charge in [-0.3, -0.25) is 9.69 Å². The Hall–Kier alpha value is -4.31. The van der Waals surface area contributed by atoms with Crippen molar-refractivity contribution in [3.8, 4) is 5.75 Å². The highest BCUT2D eigenvalue weighted by molar-refractivity contribution is 6.20. The summed E-state index contributed by atoms with van der Waals surface area (Å²) >= 11 is 0. The molecular formula is C33H35F3N4O3. The van der Waals surface area contributed by atoms with Crippen LogP contribution in [0.4, 0.5) is 29.3 Å². The number of halogens is 3. The second kappa shape index (κ2) is 11.4. The minimum atomic E-state index is -4.52. The lowest BCUT2D eigenvalue weighted by Crippen LogP contribution is -2.31. The van der Waals surface area contributed by atoms with Crippen molar-refractivity contribution in [3.05, 3.63) is 88.6 Å². The maximum Gasteiger partial charge on any atom is 0.416 e. The van der Waals surface area contributed by atoms with E-state index in [1.807, 2.05) is 18.2 Å². The zero-order valence-corrected chi connectivity index (χ0v) is 24.9. The van der Waals surface area contributed by atoms with Crippen molar-refractivity contribution >= 4 is 34.1 Å². The summed E-state index contributed by atoms with van der Waals surface area (Å²) in [5.74, 6) is 0.621. The van der Waals surface area contributed by atoms with Crippen LogP contribution in [-0.2, 0) is 11.6 Å². The summed E-state index contributed by atoms with van der Waals surface area (Å²) in [7, 11) is 1.53. The molecule has 226 valence electrons. The molecule has 43 heavy (non-hydrogen) atoms. The number of aromatic amines is 1. The normalized spacial score (nSPS) is 14.0. The molecule has 4 aromatic rings. The average molecular weight is 593 g/mol. The number of alkyl halides is 3. The van der Waals surface area contributed by atoms with Crippen molar-refractivity contribution < 1.29 is 27.5 Å². The van der Waals surface area contributed by atoms with Crippen molar-refractivity contribution in [1.29, 1.82) is 0 Å². The molecule has 2 N–H and O–H groups in total. The second-order valence-electron chi connectivity index (χ2n) is 11.2. The molecular weight excluding hydrogens is 557 g/mol. The molecule has 0 radical (unpaired) electrons. The van der Waals surface area contributed by atoms with Gasteiger partial charge in [0.05, 0.1) is 11.1 Å². The lowest BCUT2D eigenvalue weighted by atomic mass is 9.71. The highest BCUT2D eigenvalue weighted by Gasteiger charge is 2.40. The van der Waals surface area contributed by atoms with Crippen LogP contribution in [0.5, 0.6) is 5.75 Å². The first kappa shape index (κ1) is 30.2. The Balaban J connectivity index is 1.40. The highest BCUT2D eigenvalue weighted by atomic mass is 19.4. The zero-order valence-electron chi connectivity index (χ0n) is 24.9. The first-order chi connectivity index (χ1) is 20.3. The maximum absolute atomic E-state index is 13.8. The molecule has 1 aromatic heterocycles. The van der Waals surface area contributed by atoms with Gasteiger partial charge in [-0.05, 0) is 67.2 Å². The van der Waals surface area contributed by atoms with Crippen LogP contribution in [0.3, 0.4) is 0 Å². The summed E-state index contributed by atoms with van der Waals surface area (Å²) in [6.45, 7) is 11.6. The van der Waals surface area contributed by atoms with Crippen molar-refractivity contribution in [2.24, 2.45) is 0 Å². The lowest BCUT2D eigenvalue weighted by Gasteiger charge is -2.32. The van der Waals surface area contributed by atoms with Gasteiger partial charge < -0.3 is 19.9 Å². The average Bonchev–Trinajstić information content (AvgIpc) is 3.38. The van der Waals surface area contributed by atoms with Gasteiger partial charge in [0.2, 0.25) is 0 Å². The topological polar surface area (TPSA) is 77.7 Å². The number of carbonyl (C=O) groups excluding carboxylic acids is 2. The number of anilines is 2. The quantitative estimate of drug-likeness (QED) is 0.223. The minimum absolute atomic E-state index is 0.0320. The van der Waals surface area contributed by atoms with E-state index in [4.69, 9.17) is 4.74 Å². The standard InChI is InChI=1S/C33H35F3N4O3/c1-6-40(7-2)15-16-43-23-12-14-24-26(19-23)32(3,4)30-28(29(24)41)25-13-11-22(18-27(25)38-30)39(5)31(42)37-21-10-8-9-20(17-21)33(34,35)36/h8-14,17-19,38H,6-7,15-16H2,1-5H3,(H,37,42). The second-order valence-corrected chi connectivity index (χ2v) is 11.2. The van der Waals surface area contributed by atoms with Crippen LogP contribution in [0.1, 0.15) is 60.4 Å². The van der Waals surface area contributed by atoms with E-state index in [-0.39, 0.29) is 11.5 Å². The number of urea groups is 1. The molecule has 1 aliphatic carbocycles. The smallest absolute Gasteiger partial charge is 0.416 e. The predicted molar refractivity (Wildman–Crippen MR) is 162 cm³/mol. The van der Waals surface area contributed by atoms with Gasteiger partial charge in [0.25, 0.3) is 0 Å². The molecule has 0 saturated carbocycles. The van der Waals surface area contributed by atoms with Crippen LogP contribution in [0.15, 0.2) is 60.7 Å². The third kappa shape index (κ3) is 5.71. The summed E-state index contributed by atoms with van der Waals surface area (Å²) in [5.41, 5.74) is 2.67.